The van der Waals surface area contributed by atoms with E-state index in [0.29, 0.717) is 5.56 Å². The van der Waals surface area contributed by atoms with E-state index in [1.165, 1.54) is 24.3 Å². The zero-order valence-electron chi connectivity index (χ0n) is 10.2. The molecule has 0 amide bonds. The monoisotopic (exact) mass is 296 g/mol. The second-order valence-corrected chi connectivity index (χ2v) is 5.72. The summed E-state index contributed by atoms with van der Waals surface area (Å²) in [6.07, 6.45) is -5.10. The minimum atomic E-state index is -4.19. The fraction of sp³-hybridized carbons (Fsp3) is 0.455. The first-order chi connectivity index (χ1) is 8.59. The third-order valence-electron chi connectivity index (χ3n) is 2.57. The van der Waals surface area contributed by atoms with Crippen LogP contribution in [0.4, 0.5) is 13.2 Å². The van der Waals surface area contributed by atoms with Crippen molar-refractivity contribution >= 4 is 10.0 Å². The van der Waals surface area contributed by atoms with Gasteiger partial charge in [0.05, 0.1) is 11.3 Å². The van der Waals surface area contributed by atoms with E-state index < -0.39 is 22.6 Å². The summed E-state index contributed by atoms with van der Waals surface area (Å²) >= 11 is 0. The molecule has 4 nitrogen and oxygen atoms in total. The predicted molar refractivity (Wildman–Crippen MR) is 64.9 cm³/mol. The van der Waals surface area contributed by atoms with Gasteiger partial charge in [0.25, 0.3) is 0 Å². The highest BCUT2D eigenvalue weighted by Gasteiger charge is 2.26. The SMILES string of the molecule is CC(NCCC(F)(F)F)c1ccc(S(N)(=O)=O)cc1. The Bertz CT molecular complexity index is 512. The maximum absolute atomic E-state index is 12.0. The van der Waals surface area contributed by atoms with Crippen LogP contribution in [0.25, 0.3) is 0 Å². The van der Waals surface area contributed by atoms with Gasteiger partial charge in [-0.05, 0) is 24.6 Å². The topological polar surface area (TPSA) is 72.2 Å². The van der Waals surface area contributed by atoms with Gasteiger partial charge in [0, 0.05) is 12.6 Å². The van der Waals surface area contributed by atoms with Crippen molar-refractivity contribution in [3.8, 4) is 0 Å². The highest BCUT2D eigenvalue weighted by atomic mass is 32.2. The molecule has 0 saturated carbocycles. The van der Waals surface area contributed by atoms with Crippen molar-refractivity contribution in [2.75, 3.05) is 6.54 Å². The van der Waals surface area contributed by atoms with Crippen LogP contribution < -0.4 is 10.5 Å². The molecule has 0 fully saturated rings. The largest absolute Gasteiger partial charge is 0.390 e. The molecule has 0 spiro atoms. The van der Waals surface area contributed by atoms with E-state index in [-0.39, 0.29) is 17.5 Å². The Labute approximate surface area is 109 Å². The van der Waals surface area contributed by atoms with Crippen LogP contribution in [0.1, 0.15) is 24.9 Å². The van der Waals surface area contributed by atoms with Crippen molar-refractivity contribution in [1.29, 1.82) is 0 Å². The fourth-order valence-electron chi connectivity index (χ4n) is 1.49. The van der Waals surface area contributed by atoms with Crippen LogP contribution in [0.15, 0.2) is 29.2 Å². The molecule has 1 unspecified atom stereocenters. The highest BCUT2D eigenvalue weighted by molar-refractivity contribution is 7.89. The lowest BCUT2D eigenvalue weighted by Crippen LogP contribution is -2.24. The lowest BCUT2D eigenvalue weighted by molar-refractivity contribution is -0.133. The maximum atomic E-state index is 12.0. The Kier molecular flexibility index (Phi) is 4.94. The number of rotatable bonds is 5. The summed E-state index contributed by atoms with van der Waals surface area (Å²) in [6.45, 7) is 1.50. The highest BCUT2D eigenvalue weighted by Crippen LogP contribution is 2.20. The Morgan fingerprint density at radius 2 is 1.79 bits per heavy atom. The molecule has 1 aromatic carbocycles. The molecule has 1 rings (SSSR count). The van der Waals surface area contributed by atoms with Crippen LogP contribution in [0.2, 0.25) is 0 Å². The zero-order valence-corrected chi connectivity index (χ0v) is 11.1. The molecule has 0 aliphatic rings. The summed E-state index contributed by atoms with van der Waals surface area (Å²) in [6, 6.07) is 5.38. The number of benzene rings is 1. The van der Waals surface area contributed by atoms with E-state index in [2.05, 4.69) is 5.32 Å². The summed E-state index contributed by atoms with van der Waals surface area (Å²) in [5, 5.41) is 7.66. The number of nitrogens with one attached hydrogen (secondary N) is 1. The van der Waals surface area contributed by atoms with E-state index in [1.54, 1.807) is 6.92 Å². The Morgan fingerprint density at radius 1 is 1.26 bits per heavy atom. The van der Waals surface area contributed by atoms with Crippen molar-refractivity contribution in [3.05, 3.63) is 29.8 Å². The molecule has 19 heavy (non-hydrogen) atoms. The molecule has 0 bridgehead atoms. The van der Waals surface area contributed by atoms with Gasteiger partial charge >= 0.3 is 6.18 Å². The normalized spacial score (nSPS) is 14.4. The van der Waals surface area contributed by atoms with Crippen LogP contribution in [-0.4, -0.2) is 21.1 Å². The van der Waals surface area contributed by atoms with Crippen molar-refractivity contribution < 1.29 is 21.6 Å². The second kappa shape index (κ2) is 5.89. The molecule has 108 valence electrons. The van der Waals surface area contributed by atoms with Crippen molar-refractivity contribution in [3.63, 3.8) is 0 Å². The van der Waals surface area contributed by atoms with Crippen molar-refractivity contribution in [2.24, 2.45) is 5.14 Å². The van der Waals surface area contributed by atoms with E-state index in [9.17, 15) is 21.6 Å². The number of sulfonamides is 1. The number of halogens is 3. The van der Waals surface area contributed by atoms with Gasteiger partial charge in [0.1, 0.15) is 0 Å². The first-order valence-corrected chi connectivity index (χ1v) is 7.07. The lowest BCUT2D eigenvalue weighted by Gasteiger charge is -2.15. The quantitative estimate of drug-likeness (QED) is 0.872. The van der Waals surface area contributed by atoms with Crippen LogP contribution in [0.3, 0.4) is 0 Å². The Morgan fingerprint density at radius 3 is 2.21 bits per heavy atom. The van der Waals surface area contributed by atoms with Gasteiger partial charge in [0.15, 0.2) is 0 Å². The molecule has 0 heterocycles. The predicted octanol–water partition coefficient (Wildman–Crippen LogP) is 1.94. The smallest absolute Gasteiger partial charge is 0.310 e. The number of nitrogens with two attached hydrogens (primary N) is 1. The number of hydrogen-bond acceptors (Lipinski definition) is 3. The first kappa shape index (κ1) is 15.9. The number of hydrogen-bond donors (Lipinski definition) is 2. The molecule has 0 aliphatic heterocycles. The Hall–Kier alpha value is -1.12. The van der Waals surface area contributed by atoms with Crippen molar-refractivity contribution in [2.45, 2.75) is 30.5 Å². The molecule has 0 radical (unpaired) electrons. The number of alkyl halides is 3. The third kappa shape index (κ3) is 5.58. The average molecular weight is 296 g/mol. The Balaban J connectivity index is 2.61. The van der Waals surface area contributed by atoms with Crippen molar-refractivity contribution in [1.82, 2.24) is 5.32 Å². The second-order valence-electron chi connectivity index (χ2n) is 4.16. The van der Waals surface area contributed by atoms with E-state index in [1.807, 2.05) is 0 Å². The van der Waals surface area contributed by atoms with Gasteiger partial charge in [-0.1, -0.05) is 12.1 Å². The summed E-state index contributed by atoms with van der Waals surface area (Å²) in [7, 11) is -3.75. The van der Waals surface area contributed by atoms with Gasteiger partial charge in [-0.2, -0.15) is 13.2 Å². The molecular formula is C11H15F3N2O2S. The minimum absolute atomic E-state index is 0.0289. The van der Waals surface area contributed by atoms with Crippen LogP contribution in [0, 0.1) is 0 Å². The zero-order chi connectivity index (χ0) is 14.7. The molecule has 8 heteroatoms. The van der Waals surface area contributed by atoms with Gasteiger partial charge in [0.2, 0.25) is 10.0 Å². The molecule has 0 saturated heterocycles. The van der Waals surface area contributed by atoms with E-state index in [4.69, 9.17) is 5.14 Å². The molecule has 1 atom stereocenters. The van der Waals surface area contributed by atoms with Crippen LogP contribution in [-0.2, 0) is 10.0 Å². The minimum Gasteiger partial charge on any atom is -0.310 e. The standard InChI is InChI=1S/C11H15F3N2O2S/c1-8(16-7-6-11(12,13)14)9-2-4-10(5-3-9)19(15,17)18/h2-5,8,16H,6-7H2,1H3,(H2,15,17,18). The molecule has 3 N–H and O–H groups in total. The number of primary sulfonamides is 1. The molecule has 0 aromatic heterocycles. The van der Waals surface area contributed by atoms with Gasteiger partial charge < -0.3 is 5.32 Å². The van der Waals surface area contributed by atoms with Gasteiger partial charge in [-0.3, -0.25) is 0 Å². The molecular weight excluding hydrogens is 281 g/mol. The van der Waals surface area contributed by atoms with Gasteiger partial charge in [-0.15, -0.1) is 0 Å². The lowest BCUT2D eigenvalue weighted by atomic mass is 10.1. The molecule has 0 aliphatic carbocycles. The first-order valence-electron chi connectivity index (χ1n) is 5.52. The molecule has 1 aromatic rings. The summed E-state index contributed by atoms with van der Waals surface area (Å²) in [4.78, 5) is -0.0289. The maximum Gasteiger partial charge on any atom is 0.390 e. The fourth-order valence-corrected chi connectivity index (χ4v) is 2.01. The summed E-state index contributed by atoms with van der Waals surface area (Å²) in [5.74, 6) is 0. The van der Waals surface area contributed by atoms with Gasteiger partial charge in [-0.25, -0.2) is 13.6 Å². The van der Waals surface area contributed by atoms with E-state index in [0.717, 1.165) is 0 Å². The summed E-state index contributed by atoms with van der Waals surface area (Å²) < 4.78 is 58.0. The third-order valence-corrected chi connectivity index (χ3v) is 3.50. The van der Waals surface area contributed by atoms with Crippen LogP contribution in [0.5, 0.6) is 0 Å². The average Bonchev–Trinajstić information content (AvgIpc) is 2.26. The van der Waals surface area contributed by atoms with Crippen LogP contribution >= 0.6 is 0 Å². The summed E-state index contributed by atoms with van der Waals surface area (Å²) in [5.41, 5.74) is 0.689. The van der Waals surface area contributed by atoms with E-state index >= 15 is 0 Å².